The Morgan fingerprint density at radius 1 is 0.456 bits per heavy atom. The van der Waals surface area contributed by atoms with E-state index in [1.807, 2.05) is 21.1 Å². The first-order valence-corrected chi connectivity index (χ1v) is 30.2. The number of nitrogens with zero attached hydrogens (tertiary/aromatic N) is 1. The van der Waals surface area contributed by atoms with E-state index < -0.39 is 26.5 Å². The molecule has 0 aromatic rings. The first-order chi connectivity index (χ1) is 33.0. The van der Waals surface area contributed by atoms with Crippen LogP contribution < -0.4 is 0 Å². The number of carbonyl (C=O) groups is 2. The van der Waals surface area contributed by atoms with Crippen LogP contribution in [-0.4, -0.2) is 74.9 Å². The average molecular weight is 981 g/mol. The first-order valence-electron chi connectivity index (χ1n) is 28.7. The molecule has 0 heterocycles. The SMILES string of the molecule is CCCCC/C=C\C/C=C\CCCCCCCCCCCC(=O)OC(COC(=O)CCCCCCCCCCCCCCC/C=C\CCCCCCCCCC)COP(=O)(O)OCC[N+](C)(C)C. The van der Waals surface area contributed by atoms with Gasteiger partial charge in [-0.1, -0.05) is 224 Å². The van der Waals surface area contributed by atoms with Crippen molar-refractivity contribution < 1.29 is 42.1 Å². The van der Waals surface area contributed by atoms with E-state index >= 15 is 0 Å². The molecule has 0 saturated heterocycles. The zero-order valence-electron chi connectivity index (χ0n) is 45.4. The summed E-state index contributed by atoms with van der Waals surface area (Å²) in [5.41, 5.74) is 0. The molecule has 1 N–H and O–H groups in total. The van der Waals surface area contributed by atoms with Crippen molar-refractivity contribution in [1.29, 1.82) is 0 Å². The number of likely N-dealkylation sites (N-methyl/N-ethyl adjacent to an activating group) is 1. The highest BCUT2D eigenvalue weighted by atomic mass is 31.2. The Morgan fingerprint density at radius 2 is 0.794 bits per heavy atom. The van der Waals surface area contributed by atoms with E-state index in [4.69, 9.17) is 18.5 Å². The molecule has 0 aliphatic carbocycles. The standard InChI is InChI=1S/C58H110NO8P/c1-6-8-10-12-14-16-18-20-22-24-26-27-28-29-30-31-33-34-36-38-40-42-44-46-48-50-57(60)64-54-56(55-66-68(62,63)65-53-52-59(3,4)5)67-58(61)51-49-47-45-43-41-39-37-35-32-25-23-21-19-17-15-13-11-9-7-2/h15,17,21,23-24,26,56H,6-14,16,18-20,22,25,27-55H2,1-5H3/p+1/b17-15-,23-21-,26-24-. The molecule has 0 aromatic carbocycles. The van der Waals surface area contributed by atoms with Gasteiger partial charge in [0.15, 0.2) is 6.10 Å². The zero-order valence-corrected chi connectivity index (χ0v) is 46.2. The molecule has 0 bridgehead atoms. The molecule has 68 heavy (non-hydrogen) atoms. The molecule has 0 aromatic heterocycles. The van der Waals surface area contributed by atoms with Gasteiger partial charge in [-0.2, -0.15) is 0 Å². The number of hydrogen-bond acceptors (Lipinski definition) is 7. The summed E-state index contributed by atoms with van der Waals surface area (Å²) in [5, 5.41) is 0. The number of unbranched alkanes of at least 4 members (excludes halogenated alkanes) is 33. The van der Waals surface area contributed by atoms with Gasteiger partial charge < -0.3 is 18.9 Å². The van der Waals surface area contributed by atoms with E-state index in [1.54, 1.807) is 0 Å². The van der Waals surface area contributed by atoms with Crippen molar-refractivity contribution in [1.82, 2.24) is 0 Å². The molecule has 0 fully saturated rings. The minimum atomic E-state index is -4.38. The third-order valence-electron chi connectivity index (χ3n) is 12.6. The number of carbonyl (C=O) groups excluding carboxylic acids is 2. The van der Waals surface area contributed by atoms with Gasteiger partial charge in [0.25, 0.3) is 0 Å². The van der Waals surface area contributed by atoms with Crippen molar-refractivity contribution >= 4 is 19.8 Å². The van der Waals surface area contributed by atoms with Gasteiger partial charge in [0, 0.05) is 12.8 Å². The molecule has 10 heteroatoms. The second-order valence-corrected chi connectivity index (χ2v) is 22.1. The quantitative estimate of drug-likeness (QED) is 0.0211. The first kappa shape index (κ1) is 66.2. The van der Waals surface area contributed by atoms with Gasteiger partial charge in [-0.25, -0.2) is 4.57 Å². The van der Waals surface area contributed by atoms with Crippen LogP contribution in [-0.2, 0) is 32.7 Å². The molecule has 2 atom stereocenters. The maximum Gasteiger partial charge on any atom is 0.472 e. The average Bonchev–Trinajstić information content (AvgIpc) is 3.30. The molecule has 9 nitrogen and oxygen atoms in total. The van der Waals surface area contributed by atoms with E-state index in [1.165, 1.54) is 186 Å². The van der Waals surface area contributed by atoms with Crippen LogP contribution in [0.1, 0.15) is 271 Å². The van der Waals surface area contributed by atoms with E-state index in [9.17, 15) is 19.0 Å². The lowest BCUT2D eigenvalue weighted by Gasteiger charge is -2.24. The second-order valence-electron chi connectivity index (χ2n) is 20.7. The van der Waals surface area contributed by atoms with Crippen LogP contribution in [0, 0.1) is 0 Å². The summed E-state index contributed by atoms with van der Waals surface area (Å²) in [6, 6.07) is 0. The molecule has 0 radical (unpaired) electrons. The monoisotopic (exact) mass is 981 g/mol. The number of phosphoric ester groups is 1. The highest BCUT2D eigenvalue weighted by Crippen LogP contribution is 2.43. The lowest BCUT2D eigenvalue weighted by Crippen LogP contribution is -2.37. The van der Waals surface area contributed by atoms with Gasteiger partial charge >= 0.3 is 19.8 Å². The summed E-state index contributed by atoms with van der Waals surface area (Å²) in [4.78, 5) is 35.7. The fourth-order valence-corrected chi connectivity index (χ4v) is 8.90. The molecule has 0 spiro atoms. The highest BCUT2D eigenvalue weighted by Gasteiger charge is 2.27. The second kappa shape index (κ2) is 50.2. The Balaban J connectivity index is 4.14. The molecular weight excluding hydrogens is 870 g/mol. The third-order valence-corrected chi connectivity index (χ3v) is 13.6. The van der Waals surface area contributed by atoms with Crippen LogP contribution in [0.15, 0.2) is 36.5 Å². The van der Waals surface area contributed by atoms with Crippen molar-refractivity contribution in [3.8, 4) is 0 Å². The highest BCUT2D eigenvalue weighted by molar-refractivity contribution is 7.47. The van der Waals surface area contributed by atoms with Gasteiger partial charge in [0.1, 0.15) is 19.8 Å². The minimum absolute atomic E-state index is 0.0317. The van der Waals surface area contributed by atoms with E-state index in [0.717, 1.165) is 51.4 Å². The fourth-order valence-electron chi connectivity index (χ4n) is 8.16. The van der Waals surface area contributed by atoms with Crippen molar-refractivity contribution in [3.63, 3.8) is 0 Å². The molecule has 2 unspecified atom stereocenters. The summed E-state index contributed by atoms with van der Waals surface area (Å²) >= 11 is 0. The molecule has 0 aliphatic rings. The van der Waals surface area contributed by atoms with Gasteiger partial charge in [0.2, 0.25) is 0 Å². The Bertz CT molecular complexity index is 1250. The van der Waals surface area contributed by atoms with Crippen LogP contribution in [0.3, 0.4) is 0 Å². The van der Waals surface area contributed by atoms with Gasteiger partial charge in [-0.05, 0) is 70.6 Å². The summed E-state index contributed by atoms with van der Waals surface area (Å²) in [6.07, 6.45) is 60.6. The maximum absolute atomic E-state index is 12.8. The number of rotatable bonds is 53. The molecular formula is C58H111NO8P+. The summed E-state index contributed by atoms with van der Waals surface area (Å²) in [6.45, 7) is 4.44. The number of esters is 2. The predicted octanol–water partition coefficient (Wildman–Crippen LogP) is 17.6. The van der Waals surface area contributed by atoms with Crippen molar-refractivity contribution in [2.24, 2.45) is 0 Å². The van der Waals surface area contributed by atoms with E-state index in [0.29, 0.717) is 23.9 Å². The number of ether oxygens (including phenoxy) is 2. The summed E-state index contributed by atoms with van der Waals surface area (Å²) in [5.74, 6) is -0.792. The summed E-state index contributed by atoms with van der Waals surface area (Å²) in [7, 11) is 1.48. The summed E-state index contributed by atoms with van der Waals surface area (Å²) < 4.78 is 34.6. The molecule has 0 amide bonds. The smallest absolute Gasteiger partial charge is 0.462 e. The number of quaternary nitrogens is 1. The largest absolute Gasteiger partial charge is 0.472 e. The zero-order chi connectivity index (χ0) is 49.9. The van der Waals surface area contributed by atoms with Crippen LogP contribution in [0.4, 0.5) is 0 Å². The van der Waals surface area contributed by atoms with Crippen LogP contribution in [0.25, 0.3) is 0 Å². The molecule has 400 valence electrons. The Hall–Kier alpha value is -1.77. The van der Waals surface area contributed by atoms with Crippen LogP contribution in [0.5, 0.6) is 0 Å². The van der Waals surface area contributed by atoms with Gasteiger partial charge in [-0.3, -0.25) is 18.6 Å². The Morgan fingerprint density at radius 3 is 1.21 bits per heavy atom. The Labute approximate surface area is 421 Å². The van der Waals surface area contributed by atoms with Crippen molar-refractivity contribution in [3.05, 3.63) is 36.5 Å². The van der Waals surface area contributed by atoms with E-state index in [2.05, 4.69) is 50.3 Å². The van der Waals surface area contributed by atoms with Gasteiger partial charge in [-0.15, -0.1) is 0 Å². The van der Waals surface area contributed by atoms with Crippen molar-refractivity contribution in [2.75, 3.05) is 47.5 Å². The fraction of sp³-hybridized carbons (Fsp3) is 0.862. The molecule has 0 aliphatic heterocycles. The van der Waals surface area contributed by atoms with Crippen molar-refractivity contribution in [2.45, 2.75) is 277 Å². The van der Waals surface area contributed by atoms with E-state index in [-0.39, 0.29) is 25.6 Å². The topological polar surface area (TPSA) is 108 Å². The lowest BCUT2D eigenvalue weighted by molar-refractivity contribution is -0.870. The molecule has 0 saturated carbocycles. The predicted molar refractivity (Wildman–Crippen MR) is 289 cm³/mol. The number of allylic oxidation sites excluding steroid dienone is 6. The van der Waals surface area contributed by atoms with Crippen LogP contribution >= 0.6 is 7.82 Å². The normalized spacial score (nSPS) is 13.6. The van der Waals surface area contributed by atoms with Crippen LogP contribution in [0.2, 0.25) is 0 Å². The lowest BCUT2D eigenvalue weighted by atomic mass is 10.0. The maximum atomic E-state index is 12.8. The minimum Gasteiger partial charge on any atom is -0.462 e. The van der Waals surface area contributed by atoms with Gasteiger partial charge in [0.05, 0.1) is 27.7 Å². The molecule has 0 rings (SSSR count). The Kier molecular flexibility index (Phi) is 48.9. The number of phosphoric acid groups is 1. The number of hydrogen-bond donors (Lipinski definition) is 1. The third kappa shape index (κ3) is 53.6.